The molecule has 0 fully saturated rings. The Kier molecular flexibility index (Phi) is 4.58. The molecule has 3 aromatic rings. The van der Waals surface area contributed by atoms with Crippen molar-refractivity contribution >= 4 is 17.2 Å². The summed E-state index contributed by atoms with van der Waals surface area (Å²) in [4.78, 5) is 16.8. The van der Waals surface area contributed by atoms with Gasteiger partial charge in [0.05, 0.1) is 12.1 Å². The van der Waals surface area contributed by atoms with Gasteiger partial charge >= 0.3 is 0 Å². The summed E-state index contributed by atoms with van der Waals surface area (Å²) in [6.45, 7) is 2.75. The van der Waals surface area contributed by atoms with Gasteiger partial charge in [-0.2, -0.15) is 0 Å². The standard InChI is InChI=1S/C20H18N2O3S/c1-13-3-2-4-15(7-13)20-22-16(11-26-20)9-19(23)21-10-14-5-6-17-18(8-14)25-12-24-17/h2-8,11H,9-10,12H2,1H3,(H,21,23). The number of rotatable bonds is 5. The lowest BCUT2D eigenvalue weighted by molar-refractivity contribution is -0.120. The molecule has 0 bridgehead atoms. The summed E-state index contributed by atoms with van der Waals surface area (Å²) < 4.78 is 10.6. The van der Waals surface area contributed by atoms with E-state index in [1.165, 1.54) is 5.56 Å². The molecule has 5 nitrogen and oxygen atoms in total. The highest BCUT2D eigenvalue weighted by Gasteiger charge is 2.14. The van der Waals surface area contributed by atoms with Crippen molar-refractivity contribution in [2.75, 3.05) is 6.79 Å². The van der Waals surface area contributed by atoms with Crippen molar-refractivity contribution < 1.29 is 14.3 Å². The van der Waals surface area contributed by atoms with Crippen molar-refractivity contribution in [1.82, 2.24) is 10.3 Å². The number of thiazole rings is 1. The number of amides is 1. The molecule has 0 atom stereocenters. The number of carbonyl (C=O) groups excluding carboxylic acids is 1. The van der Waals surface area contributed by atoms with Crippen molar-refractivity contribution in [2.45, 2.75) is 19.9 Å². The van der Waals surface area contributed by atoms with Crippen LogP contribution in [-0.4, -0.2) is 17.7 Å². The summed E-state index contributed by atoms with van der Waals surface area (Å²) in [6, 6.07) is 13.9. The molecule has 0 radical (unpaired) electrons. The summed E-state index contributed by atoms with van der Waals surface area (Å²) in [5.74, 6) is 1.41. The van der Waals surface area contributed by atoms with Gasteiger partial charge in [-0.15, -0.1) is 11.3 Å². The molecule has 26 heavy (non-hydrogen) atoms. The molecule has 0 spiro atoms. The Hall–Kier alpha value is -2.86. The molecule has 132 valence electrons. The van der Waals surface area contributed by atoms with Crippen molar-refractivity contribution in [3.63, 3.8) is 0 Å². The van der Waals surface area contributed by atoms with E-state index in [2.05, 4.69) is 29.4 Å². The van der Waals surface area contributed by atoms with Gasteiger partial charge in [0.15, 0.2) is 11.5 Å². The predicted molar refractivity (Wildman–Crippen MR) is 100 cm³/mol. The first-order valence-electron chi connectivity index (χ1n) is 8.34. The van der Waals surface area contributed by atoms with Crippen LogP contribution in [0.4, 0.5) is 0 Å². The average Bonchev–Trinajstić information content (AvgIpc) is 3.28. The normalized spacial score (nSPS) is 12.2. The molecule has 1 aliphatic heterocycles. The van der Waals surface area contributed by atoms with E-state index in [0.717, 1.165) is 33.3 Å². The molecular weight excluding hydrogens is 348 g/mol. The molecule has 6 heteroatoms. The Labute approximate surface area is 155 Å². The lowest BCUT2D eigenvalue weighted by Gasteiger charge is -2.05. The first kappa shape index (κ1) is 16.6. The maximum atomic E-state index is 12.2. The molecule has 2 heterocycles. The fourth-order valence-corrected chi connectivity index (χ4v) is 3.59. The van der Waals surface area contributed by atoms with Crippen LogP contribution in [0.3, 0.4) is 0 Å². The monoisotopic (exact) mass is 366 g/mol. The summed E-state index contributed by atoms with van der Waals surface area (Å²) >= 11 is 1.56. The van der Waals surface area contributed by atoms with Crippen LogP contribution in [-0.2, 0) is 17.8 Å². The maximum absolute atomic E-state index is 12.2. The quantitative estimate of drug-likeness (QED) is 0.748. The predicted octanol–water partition coefficient (Wildman–Crippen LogP) is 3.71. The fourth-order valence-electron chi connectivity index (χ4n) is 2.78. The number of ether oxygens (including phenoxy) is 2. The average molecular weight is 366 g/mol. The third-order valence-corrected chi connectivity index (χ3v) is 5.03. The molecule has 0 saturated carbocycles. The molecule has 2 aromatic carbocycles. The van der Waals surface area contributed by atoms with E-state index in [4.69, 9.17) is 9.47 Å². The van der Waals surface area contributed by atoms with Gasteiger partial charge in [0, 0.05) is 17.5 Å². The molecule has 1 aliphatic rings. The number of fused-ring (bicyclic) bond motifs is 1. The number of nitrogens with zero attached hydrogens (tertiary/aromatic N) is 1. The molecular formula is C20H18N2O3S. The minimum Gasteiger partial charge on any atom is -0.454 e. The SMILES string of the molecule is Cc1cccc(-c2nc(CC(=O)NCc3ccc4c(c3)OCO4)cs2)c1. The molecule has 0 unspecified atom stereocenters. The number of aryl methyl sites for hydroxylation is 1. The van der Waals surface area contributed by atoms with E-state index in [1.807, 2.05) is 35.7 Å². The van der Waals surface area contributed by atoms with Crippen molar-refractivity contribution in [3.05, 3.63) is 64.7 Å². The van der Waals surface area contributed by atoms with Crippen molar-refractivity contribution in [3.8, 4) is 22.1 Å². The Morgan fingerprint density at radius 2 is 2.08 bits per heavy atom. The molecule has 4 rings (SSSR count). The second-order valence-corrected chi connectivity index (χ2v) is 7.01. The third kappa shape index (κ3) is 3.70. The highest BCUT2D eigenvalue weighted by atomic mass is 32.1. The van der Waals surface area contributed by atoms with Crippen LogP contribution in [0.5, 0.6) is 11.5 Å². The highest BCUT2D eigenvalue weighted by molar-refractivity contribution is 7.13. The topological polar surface area (TPSA) is 60.5 Å². The minimum absolute atomic E-state index is 0.0521. The zero-order valence-corrected chi connectivity index (χ0v) is 15.1. The zero-order chi connectivity index (χ0) is 17.9. The van der Waals surface area contributed by atoms with Gasteiger partial charge in [-0.1, -0.05) is 29.8 Å². The highest BCUT2D eigenvalue weighted by Crippen LogP contribution is 2.32. The minimum atomic E-state index is -0.0521. The second kappa shape index (κ2) is 7.17. The maximum Gasteiger partial charge on any atom is 0.231 e. The lowest BCUT2D eigenvalue weighted by Crippen LogP contribution is -2.24. The lowest BCUT2D eigenvalue weighted by atomic mass is 10.1. The van der Waals surface area contributed by atoms with Gasteiger partial charge in [0.2, 0.25) is 12.7 Å². The Bertz CT molecular complexity index is 952. The second-order valence-electron chi connectivity index (χ2n) is 6.15. The number of hydrogen-bond donors (Lipinski definition) is 1. The van der Waals surface area contributed by atoms with E-state index in [-0.39, 0.29) is 19.1 Å². The fraction of sp³-hybridized carbons (Fsp3) is 0.200. The Balaban J connectivity index is 1.35. The van der Waals surface area contributed by atoms with Gasteiger partial charge < -0.3 is 14.8 Å². The van der Waals surface area contributed by atoms with E-state index in [9.17, 15) is 4.79 Å². The van der Waals surface area contributed by atoms with Gasteiger partial charge in [-0.3, -0.25) is 4.79 Å². The van der Waals surface area contributed by atoms with Crippen LogP contribution < -0.4 is 14.8 Å². The van der Waals surface area contributed by atoms with E-state index < -0.39 is 0 Å². The number of aromatic nitrogens is 1. The third-order valence-electron chi connectivity index (χ3n) is 4.09. The van der Waals surface area contributed by atoms with E-state index in [1.54, 1.807) is 11.3 Å². The van der Waals surface area contributed by atoms with Gasteiger partial charge in [0.1, 0.15) is 5.01 Å². The van der Waals surface area contributed by atoms with Gasteiger partial charge in [-0.05, 0) is 30.7 Å². The number of carbonyl (C=O) groups is 1. The van der Waals surface area contributed by atoms with Crippen molar-refractivity contribution in [1.29, 1.82) is 0 Å². The van der Waals surface area contributed by atoms with Crippen LogP contribution in [0.25, 0.3) is 10.6 Å². The summed E-state index contributed by atoms with van der Waals surface area (Å²) in [7, 11) is 0. The summed E-state index contributed by atoms with van der Waals surface area (Å²) in [5, 5.41) is 5.81. The van der Waals surface area contributed by atoms with Gasteiger partial charge in [-0.25, -0.2) is 4.98 Å². The Morgan fingerprint density at radius 1 is 1.19 bits per heavy atom. The molecule has 0 saturated heterocycles. The van der Waals surface area contributed by atoms with E-state index in [0.29, 0.717) is 6.54 Å². The number of hydrogen-bond acceptors (Lipinski definition) is 5. The van der Waals surface area contributed by atoms with Crippen LogP contribution in [0.15, 0.2) is 47.8 Å². The van der Waals surface area contributed by atoms with Crippen LogP contribution in [0.1, 0.15) is 16.8 Å². The first-order chi connectivity index (χ1) is 12.7. The Morgan fingerprint density at radius 3 is 2.96 bits per heavy atom. The molecule has 0 aliphatic carbocycles. The number of nitrogens with one attached hydrogen (secondary N) is 1. The smallest absolute Gasteiger partial charge is 0.231 e. The van der Waals surface area contributed by atoms with Crippen LogP contribution in [0, 0.1) is 6.92 Å². The largest absolute Gasteiger partial charge is 0.454 e. The molecule has 1 aromatic heterocycles. The number of benzene rings is 2. The summed E-state index contributed by atoms with van der Waals surface area (Å²) in [6.07, 6.45) is 0.271. The molecule has 1 amide bonds. The van der Waals surface area contributed by atoms with Gasteiger partial charge in [0.25, 0.3) is 0 Å². The zero-order valence-electron chi connectivity index (χ0n) is 14.3. The molecule has 1 N–H and O–H groups in total. The van der Waals surface area contributed by atoms with Crippen LogP contribution >= 0.6 is 11.3 Å². The van der Waals surface area contributed by atoms with Crippen molar-refractivity contribution in [2.24, 2.45) is 0 Å². The summed E-state index contributed by atoms with van der Waals surface area (Å²) in [5.41, 5.74) is 4.04. The first-order valence-corrected chi connectivity index (χ1v) is 9.22. The van der Waals surface area contributed by atoms with E-state index >= 15 is 0 Å². The van der Waals surface area contributed by atoms with Crippen LogP contribution in [0.2, 0.25) is 0 Å².